The monoisotopic (exact) mass is 282 g/mol. The minimum atomic E-state index is 0.250. The summed E-state index contributed by atoms with van der Waals surface area (Å²) in [6, 6.07) is 0.590. The Morgan fingerprint density at radius 1 is 1.10 bits per heavy atom. The molecule has 1 aliphatic carbocycles. The van der Waals surface area contributed by atoms with Gasteiger partial charge in [0.05, 0.1) is 0 Å². The molecule has 2 N–H and O–H groups in total. The van der Waals surface area contributed by atoms with Crippen LogP contribution in [0.15, 0.2) is 0 Å². The van der Waals surface area contributed by atoms with E-state index in [9.17, 15) is 0 Å². The number of rotatable bonds is 5. The first-order valence-electron chi connectivity index (χ1n) is 8.59. The molecule has 0 saturated heterocycles. The van der Waals surface area contributed by atoms with Gasteiger partial charge in [0.25, 0.3) is 0 Å². The molecule has 0 heterocycles. The molecule has 1 aliphatic rings. The maximum atomic E-state index is 6.27. The molecule has 0 aromatic rings. The van der Waals surface area contributed by atoms with E-state index in [0.717, 1.165) is 12.5 Å². The van der Waals surface area contributed by atoms with E-state index in [1.54, 1.807) is 0 Å². The van der Waals surface area contributed by atoms with Crippen LogP contribution < -0.4 is 5.73 Å². The van der Waals surface area contributed by atoms with Gasteiger partial charge in [-0.3, -0.25) is 4.90 Å². The lowest BCUT2D eigenvalue weighted by atomic mass is 9.66. The lowest BCUT2D eigenvalue weighted by Crippen LogP contribution is -2.59. The maximum absolute atomic E-state index is 6.27. The molecule has 1 saturated carbocycles. The van der Waals surface area contributed by atoms with Crippen molar-refractivity contribution in [3.8, 4) is 0 Å². The molecule has 1 fully saturated rings. The Balaban J connectivity index is 2.83. The second kappa shape index (κ2) is 6.79. The summed E-state index contributed by atoms with van der Waals surface area (Å²) >= 11 is 0. The average Bonchev–Trinajstić information content (AvgIpc) is 2.34. The second-order valence-corrected chi connectivity index (χ2v) is 8.71. The lowest BCUT2D eigenvalue weighted by Gasteiger charge is -2.52. The average molecular weight is 283 g/mol. The highest BCUT2D eigenvalue weighted by molar-refractivity contribution is 4.98. The van der Waals surface area contributed by atoms with Crippen molar-refractivity contribution in [3.05, 3.63) is 0 Å². The fourth-order valence-electron chi connectivity index (χ4n) is 3.98. The van der Waals surface area contributed by atoms with Gasteiger partial charge in [0.1, 0.15) is 0 Å². The molecular formula is C18H38N2. The Labute approximate surface area is 127 Å². The van der Waals surface area contributed by atoms with Crippen LogP contribution in [0.25, 0.3) is 0 Å². The van der Waals surface area contributed by atoms with Crippen molar-refractivity contribution in [2.45, 2.75) is 85.7 Å². The number of nitrogens with zero attached hydrogens (tertiary/aromatic N) is 1. The predicted molar refractivity (Wildman–Crippen MR) is 89.9 cm³/mol. The van der Waals surface area contributed by atoms with Crippen molar-refractivity contribution in [1.82, 2.24) is 4.90 Å². The van der Waals surface area contributed by atoms with Crippen LogP contribution in [0.1, 0.15) is 74.1 Å². The molecule has 2 heteroatoms. The smallest absolute Gasteiger partial charge is 0.0334 e. The molecule has 0 unspecified atom stereocenters. The molecule has 0 aliphatic heterocycles. The normalized spacial score (nSPS) is 28.6. The number of nitrogens with two attached hydrogens (primary N) is 1. The topological polar surface area (TPSA) is 29.3 Å². The second-order valence-electron chi connectivity index (χ2n) is 8.71. The molecule has 120 valence electrons. The summed E-state index contributed by atoms with van der Waals surface area (Å²) in [5, 5.41) is 0. The highest BCUT2D eigenvalue weighted by atomic mass is 15.2. The summed E-state index contributed by atoms with van der Waals surface area (Å²) in [4.78, 5) is 2.70. The minimum absolute atomic E-state index is 0.250. The van der Waals surface area contributed by atoms with Crippen molar-refractivity contribution in [3.63, 3.8) is 0 Å². The van der Waals surface area contributed by atoms with Crippen LogP contribution in [0.4, 0.5) is 0 Å². The third kappa shape index (κ3) is 4.21. The molecule has 0 amide bonds. The zero-order valence-corrected chi connectivity index (χ0v) is 15.0. The van der Waals surface area contributed by atoms with E-state index in [1.807, 2.05) is 0 Å². The minimum Gasteiger partial charge on any atom is -0.329 e. The molecule has 0 aromatic heterocycles. The van der Waals surface area contributed by atoms with Crippen LogP contribution in [-0.2, 0) is 0 Å². The Bertz CT molecular complexity index is 280. The van der Waals surface area contributed by atoms with E-state index in [2.05, 4.69) is 53.4 Å². The van der Waals surface area contributed by atoms with Crippen molar-refractivity contribution < 1.29 is 0 Å². The molecule has 2 nitrogen and oxygen atoms in total. The Hall–Kier alpha value is -0.0800. The van der Waals surface area contributed by atoms with E-state index in [1.165, 1.54) is 32.2 Å². The van der Waals surface area contributed by atoms with Crippen LogP contribution >= 0.6 is 0 Å². The molecular weight excluding hydrogens is 244 g/mol. The van der Waals surface area contributed by atoms with Crippen LogP contribution in [0, 0.1) is 17.3 Å². The number of hydrogen-bond donors (Lipinski definition) is 1. The summed E-state index contributed by atoms with van der Waals surface area (Å²) in [5.74, 6) is 1.57. The van der Waals surface area contributed by atoms with E-state index in [0.29, 0.717) is 17.4 Å². The van der Waals surface area contributed by atoms with Gasteiger partial charge in [-0.2, -0.15) is 0 Å². The zero-order chi connectivity index (χ0) is 15.6. The van der Waals surface area contributed by atoms with Crippen LogP contribution in [0.2, 0.25) is 0 Å². The zero-order valence-electron chi connectivity index (χ0n) is 15.0. The quantitative estimate of drug-likeness (QED) is 0.815. The van der Waals surface area contributed by atoms with Gasteiger partial charge < -0.3 is 5.73 Å². The van der Waals surface area contributed by atoms with Crippen LogP contribution in [0.5, 0.6) is 0 Å². The largest absolute Gasteiger partial charge is 0.329 e. The first-order chi connectivity index (χ1) is 9.12. The highest BCUT2D eigenvalue weighted by Gasteiger charge is 2.42. The predicted octanol–water partition coefficient (Wildman–Crippen LogP) is 4.29. The molecule has 0 radical (unpaired) electrons. The third-order valence-electron chi connectivity index (χ3n) is 5.32. The standard InChI is InChI=1S/C18H38N2/c1-14(2)12-20(15(3)4)18(13-19)10-8-16(9-11-18)17(5,6)7/h14-16H,8-13,19H2,1-7H3. The Morgan fingerprint density at radius 3 is 1.90 bits per heavy atom. The maximum Gasteiger partial charge on any atom is 0.0334 e. The van der Waals surface area contributed by atoms with Gasteiger partial charge in [-0.05, 0) is 56.8 Å². The van der Waals surface area contributed by atoms with Crippen LogP contribution in [0.3, 0.4) is 0 Å². The lowest BCUT2D eigenvalue weighted by molar-refractivity contribution is -0.00579. The summed E-state index contributed by atoms with van der Waals surface area (Å²) in [7, 11) is 0. The molecule has 0 atom stereocenters. The van der Waals surface area contributed by atoms with Gasteiger partial charge in [-0.25, -0.2) is 0 Å². The van der Waals surface area contributed by atoms with E-state index < -0.39 is 0 Å². The van der Waals surface area contributed by atoms with Crippen molar-refractivity contribution in [2.24, 2.45) is 23.0 Å². The van der Waals surface area contributed by atoms with Crippen molar-refractivity contribution in [1.29, 1.82) is 0 Å². The van der Waals surface area contributed by atoms with Gasteiger partial charge in [0.15, 0.2) is 0 Å². The summed E-state index contributed by atoms with van der Waals surface area (Å²) < 4.78 is 0. The van der Waals surface area contributed by atoms with E-state index in [-0.39, 0.29) is 5.54 Å². The molecule has 0 aromatic carbocycles. The van der Waals surface area contributed by atoms with Gasteiger partial charge in [-0.15, -0.1) is 0 Å². The van der Waals surface area contributed by atoms with Gasteiger partial charge >= 0.3 is 0 Å². The summed E-state index contributed by atoms with van der Waals surface area (Å²) in [5.41, 5.74) is 6.96. The summed E-state index contributed by atoms with van der Waals surface area (Å²) in [6.45, 7) is 18.5. The first kappa shape index (κ1) is 18.0. The van der Waals surface area contributed by atoms with Gasteiger partial charge in [0.2, 0.25) is 0 Å². The Morgan fingerprint density at radius 2 is 1.60 bits per heavy atom. The fraction of sp³-hybridized carbons (Fsp3) is 1.00. The van der Waals surface area contributed by atoms with Crippen molar-refractivity contribution in [2.75, 3.05) is 13.1 Å². The third-order valence-corrected chi connectivity index (χ3v) is 5.32. The van der Waals surface area contributed by atoms with Crippen LogP contribution in [-0.4, -0.2) is 29.6 Å². The van der Waals surface area contributed by atoms with Crippen molar-refractivity contribution >= 4 is 0 Å². The fourth-order valence-corrected chi connectivity index (χ4v) is 3.98. The van der Waals surface area contributed by atoms with Gasteiger partial charge in [-0.1, -0.05) is 34.6 Å². The van der Waals surface area contributed by atoms with E-state index in [4.69, 9.17) is 5.73 Å². The van der Waals surface area contributed by atoms with E-state index >= 15 is 0 Å². The Kier molecular flexibility index (Phi) is 6.10. The SMILES string of the molecule is CC(C)CN(C(C)C)C1(CN)CCC(C(C)(C)C)CC1. The molecule has 0 spiro atoms. The number of hydrogen-bond acceptors (Lipinski definition) is 2. The first-order valence-corrected chi connectivity index (χ1v) is 8.59. The molecule has 20 heavy (non-hydrogen) atoms. The molecule has 1 rings (SSSR count). The highest BCUT2D eigenvalue weighted by Crippen LogP contribution is 2.44. The summed E-state index contributed by atoms with van der Waals surface area (Å²) in [6.07, 6.45) is 5.22. The van der Waals surface area contributed by atoms with Gasteiger partial charge in [0, 0.05) is 24.7 Å². The molecule has 0 bridgehead atoms.